The number of benzene rings is 2. The number of hydrogen-bond donors (Lipinski definition) is 2. The van der Waals surface area contributed by atoms with Gasteiger partial charge in [0.25, 0.3) is 5.91 Å². The predicted molar refractivity (Wildman–Crippen MR) is 154 cm³/mol. The predicted octanol–water partition coefficient (Wildman–Crippen LogP) is 2.81. The van der Waals surface area contributed by atoms with E-state index in [9.17, 15) is 14.4 Å². The van der Waals surface area contributed by atoms with Crippen LogP contribution in [0.4, 0.5) is 0 Å². The first kappa shape index (κ1) is 29.4. The van der Waals surface area contributed by atoms with Crippen molar-refractivity contribution in [1.29, 1.82) is 0 Å². The molecule has 0 bridgehead atoms. The molecular weight excluding hydrogens is 542 g/mol. The molecule has 1 aromatic heterocycles. The highest BCUT2D eigenvalue weighted by atomic mass is 16.5. The van der Waals surface area contributed by atoms with Crippen molar-refractivity contribution in [3.8, 4) is 17.2 Å². The molecule has 0 radical (unpaired) electrons. The van der Waals surface area contributed by atoms with Gasteiger partial charge in [0, 0.05) is 25.0 Å². The van der Waals surface area contributed by atoms with Gasteiger partial charge in [-0.1, -0.05) is 26.0 Å². The number of nitrogens with one attached hydrogen (secondary N) is 2. The van der Waals surface area contributed by atoms with Crippen LogP contribution < -0.4 is 24.8 Å². The van der Waals surface area contributed by atoms with Crippen LogP contribution in [-0.2, 0) is 14.3 Å². The SMILES string of the molecule is CC(C)C[C@H](NC(=O)c1cc2cc(OCCN3CCOCC3)ccc2o1)C(=O)NC1COc2ccccc2OCC1=O. The molecule has 0 saturated carbocycles. The summed E-state index contributed by atoms with van der Waals surface area (Å²) >= 11 is 0. The van der Waals surface area contributed by atoms with E-state index in [1.807, 2.05) is 19.9 Å². The summed E-state index contributed by atoms with van der Waals surface area (Å²) in [5.41, 5.74) is 0.531. The van der Waals surface area contributed by atoms with Gasteiger partial charge in [0.1, 0.15) is 43.2 Å². The molecule has 1 saturated heterocycles. The molecule has 3 heterocycles. The summed E-state index contributed by atoms with van der Waals surface area (Å²) in [5, 5.41) is 6.24. The average Bonchev–Trinajstić information content (AvgIpc) is 3.41. The Labute approximate surface area is 244 Å². The van der Waals surface area contributed by atoms with Gasteiger partial charge in [0.05, 0.1) is 13.2 Å². The number of carbonyl (C=O) groups is 3. The summed E-state index contributed by atoms with van der Waals surface area (Å²) in [6, 6.07) is 12.2. The van der Waals surface area contributed by atoms with Gasteiger partial charge in [-0.25, -0.2) is 0 Å². The minimum atomic E-state index is -0.926. The Balaban J connectivity index is 1.20. The molecule has 1 unspecified atom stereocenters. The first-order valence-corrected chi connectivity index (χ1v) is 14.3. The molecule has 11 nitrogen and oxygen atoms in total. The number of nitrogens with zero attached hydrogens (tertiary/aromatic N) is 1. The lowest BCUT2D eigenvalue weighted by atomic mass is 10.0. The lowest BCUT2D eigenvalue weighted by Gasteiger charge is -2.26. The van der Waals surface area contributed by atoms with E-state index in [1.54, 1.807) is 42.5 Å². The maximum atomic E-state index is 13.3. The largest absolute Gasteiger partial charge is 0.492 e. The second kappa shape index (κ2) is 13.7. The minimum Gasteiger partial charge on any atom is -0.492 e. The van der Waals surface area contributed by atoms with Gasteiger partial charge in [-0.05, 0) is 48.7 Å². The van der Waals surface area contributed by atoms with Crippen LogP contribution in [0.5, 0.6) is 17.2 Å². The summed E-state index contributed by atoms with van der Waals surface area (Å²) in [5.74, 6) is 0.468. The van der Waals surface area contributed by atoms with Crippen molar-refractivity contribution in [1.82, 2.24) is 15.5 Å². The fourth-order valence-corrected chi connectivity index (χ4v) is 4.87. The third-order valence-electron chi connectivity index (χ3n) is 7.15. The zero-order valence-corrected chi connectivity index (χ0v) is 23.9. The third-order valence-corrected chi connectivity index (χ3v) is 7.15. The molecule has 2 N–H and O–H groups in total. The zero-order chi connectivity index (χ0) is 29.5. The van der Waals surface area contributed by atoms with Crippen molar-refractivity contribution in [2.45, 2.75) is 32.4 Å². The number of ketones is 1. The number of Topliss-reactive ketones (excluding diaryl/α,β-unsaturated/α-hetero) is 1. The van der Waals surface area contributed by atoms with E-state index in [0.29, 0.717) is 41.2 Å². The lowest BCUT2D eigenvalue weighted by molar-refractivity contribution is -0.131. The number of furan rings is 1. The molecule has 11 heteroatoms. The monoisotopic (exact) mass is 579 g/mol. The molecule has 2 aliphatic heterocycles. The highest BCUT2D eigenvalue weighted by Crippen LogP contribution is 2.28. The minimum absolute atomic E-state index is 0.0479. The zero-order valence-electron chi connectivity index (χ0n) is 23.9. The number of ether oxygens (including phenoxy) is 4. The summed E-state index contributed by atoms with van der Waals surface area (Å²) in [6.07, 6.45) is 0.361. The van der Waals surface area contributed by atoms with Crippen molar-refractivity contribution >= 4 is 28.6 Å². The second-order valence-electron chi connectivity index (χ2n) is 10.8. The van der Waals surface area contributed by atoms with Crippen LogP contribution in [0.3, 0.4) is 0 Å². The number of rotatable bonds is 10. The number of fused-ring (bicyclic) bond motifs is 2. The Morgan fingerprint density at radius 2 is 1.81 bits per heavy atom. The quantitative estimate of drug-likeness (QED) is 0.373. The molecule has 5 rings (SSSR count). The second-order valence-corrected chi connectivity index (χ2v) is 10.8. The van der Waals surface area contributed by atoms with Gasteiger partial charge < -0.3 is 34.0 Å². The van der Waals surface area contributed by atoms with Gasteiger partial charge >= 0.3 is 0 Å². The number of para-hydroxylation sites is 2. The van der Waals surface area contributed by atoms with E-state index in [0.717, 1.165) is 32.8 Å². The lowest BCUT2D eigenvalue weighted by Crippen LogP contribution is -2.54. The van der Waals surface area contributed by atoms with Crippen LogP contribution in [0.15, 0.2) is 52.9 Å². The van der Waals surface area contributed by atoms with E-state index < -0.39 is 23.9 Å². The maximum Gasteiger partial charge on any atom is 0.287 e. The third kappa shape index (κ3) is 7.59. The molecule has 0 aliphatic carbocycles. The van der Waals surface area contributed by atoms with Crippen molar-refractivity contribution in [3.05, 3.63) is 54.3 Å². The molecule has 1 fully saturated rings. The van der Waals surface area contributed by atoms with Gasteiger partial charge in [-0.3, -0.25) is 19.3 Å². The highest BCUT2D eigenvalue weighted by Gasteiger charge is 2.30. The topological polar surface area (TPSA) is 129 Å². The van der Waals surface area contributed by atoms with Crippen molar-refractivity contribution in [3.63, 3.8) is 0 Å². The summed E-state index contributed by atoms with van der Waals surface area (Å²) in [4.78, 5) is 41.5. The van der Waals surface area contributed by atoms with Crippen LogP contribution in [0.1, 0.15) is 30.8 Å². The van der Waals surface area contributed by atoms with Crippen LogP contribution in [0, 0.1) is 5.92 Å². The van der Waals surface area contributed by atoms with Gasteiger partial charge in [0.2, 0.25) is 5.91 Å². The van der Waals surface area contributed by atoms with E-state index in [1.165, 1.54) is 0 Å². The van der Waals surface area contributed by atoms with Crippen molar-refractivity contribution in [2.24, 2.45) is 5.92 Å². The number of hydrogen-bond acceptors (Lipinski definition) is 9. The molecule has 224 valence electrons. The smallest absolute Gasteiger partial charge is 0.287 e. The van der Waals surface area contributed by atoms with E-state index in [2.05, 4.69) is 15.5 Å². The summed E-state index contributed by atoms with van der Waals surface area (Å²) in [6.45, 7) is 8.25. The molecular formula is C31H37N3O8. The maximum absolute atomic E-state index is 13.3. The van der Waals surface area contributed by atoms with E-state index in [-0.39, 0.29) is 30.7 Å². The number of amides is 2. The highest BCUT2D eigenvalue weighted by molar-refractivity contribution is 5.99. The van der Waals surface area contributed by atoms with Crippen molar-refractivity contribution in [2.75, 3.05) is 52.7 Å². The standard InChI is InChI=1S/C31H37N3O8/c1-20(2)15-23(30(36)33-24-18-40-27-5-3-4-6-28(27)41-19-25(24)35)32-31(37)29-17-21-16-22(7-8-26(21)42-29)39-14-11-34-9-12-38-13-10-34/h3-8,16-17,20,23-24H,9-15,18-19H2,1-2H3,(H,32,37)(H,33,36)/t23-,24?/m0/s1. The van der Waals surface area contributed by atoms with Crippen LogP contribution in [-0.4, -0.2) is 87.2 Å². The van der Waals surface area contributed by atoms with E-state index >= 15 is 0 Å². The molecule has 0 spiro atoms. The van der Waals surface area contributed by atoms with Crippen molar-refractivity contribution < 1.29 is 37.7 Å². The Kier molecular flexibility index (Phi) is 9.60. The normalized spacial score (nSPS) is 18.3. The Morgan fingerprint density at radius 3 is 2.57 bits per heavy atom. The number of morpholine rings is 1. The summed E-state index contributed by atoms with van der Waals surface area (Å²) < 4.78 is 28.4. The fraction of sp³-hybridized carbons (Fsp3) is 0.452. The Hall–Kier alpha value is -4.09. The molecule has 2 aliphatic rings. The Bertz CT molecular complexity index is 1400. The number of carbonyl (C=O) groups excluding carboxylic acids is 3. The average molecular weight is 580 g/mol. The van der Waals surface area contributed by atoms with Crippen LogP contribution in [0.25, 0.3) is 11.0 Å². The summed E-state index contributed by atoms with van der Waals surface area (Å²) in [7, 11) is 0. The van der Waals surface area contributed by atoms with Crippen LogP contribution in [0.2, 0.25) is 0 Å². The fourth-order valence-electron chi connectivity index (χ4n) is 4.87. The first-order valence-electron chi connectivity index (χ1n) is 14.3. The molecule has 2 atom stereocenters. The van der Waals surface area contributed by atoms with Gasteiger partial charge in [-0.2, -0.15) is 0 Å². The first-order chi connectivity index (χ1) is 20.4. The van der Waals surface area contributed by atoms with Gasteiger partial charge in [0.15, 0.2) is 23.0 Å². The Morgan fingerprint density at radius 1 is 1.05 bits per heavy atom. The molecule has 42 heavy (non-hydrogen) atoms. The molecule has 2 amide bonds. The van der Waals surface area contributed by atoms with Crippen LogP contribution >= 0.6 is 0 Å². The van der Waals surface area contributed by atoms with Gasteiger partial charge in [-0.15, -0.1) is 0 Å². The molecule has 2 aromatic carbocycles. The van der Waals surface area contributed by atoms with E-state index in [4.69, 9.17) is 23.4 Å². The molecule has 3 aromatic rings.